The Hall–Kier alpha value is -3.11. The highest BCUT2D eigenvalue weighted by molar-refractivity contribution is 5.90. The van der Waals surface area contributed by atoms with Gasteiger partial charge in [-0.1, -0.05) is 37.9 Å². The zero-order valence-electron chi connectivity index (χ0n) is 15.9. The fraction of sp³-hybridized carbons (Fsp3) is 0.174. The Morgan fingerprint density at radius 3 is 2.07 bits per heavy atom. The molecule has 2 aromatic rings. The number of hydrogen-bond donors (Lipinski definition) is 1. The maximum Gasteiger partial charge on any atom is 0.338 e. The summed E-state index contributed by atoms with van der Waals surface area (Å²) < 4.78 is 10.8. The second-order valence-corrected chi connectivity index (χ2v) is 6.50. The average Bonchev–Trinajstić information content (AvgIpc) is 2.62. The molecule has 0 aliphatic carbocycles. The van der Waals surface area contributed by atoms with Crippen LogP contribution in [0.2, 0.25) is 0 Å². The molecule has 4 heteroatoms. The second-order valence-electron chi connectivity index (χ2n) is 6.50. The summed E-state index contributed by atoms with van der Waals surface area (Å²) >= 11 is 0. The molecule has 0 radical (unpaired) electrons. The molecule has 0 aliphatic rings. The molecular weight excluding hydrogens is 340 g/mol. The summed E-state index contributed by atoms with van der Waals surface area (Å²) in [4.78, 5) is 11.8. The normalized spacial score (nSPS) is 11.4. The van der Waals surface area contributed by atoms with Gasteiger partial charge in [0, 0.05) is 11.1 Å². The smallest absolute Gasteiger partial charge is 0.338 e. The van der Waals surface area contributed by atoms with Gasteiger partial charge in [0.15, 0.2) is 0 Å². The third-order valence-electron chi connectivity index (χ3n) is 3.85. The molecule has 27 heavy (non-hydrogen) atoms. The molecule has 140 valence electrons. The fourth-order valence-electron chi connectivity index (χ4n) is 2.27. The van der Waals surface area contributed by atoms with E-state index in [1.807, 2.05) is 31.2 Å². The molecule has 0 spiro atoms. The van der Waals surface area contributed by atoms with Gasteiger partial charge in [0.2, 0.25) is 6.29 Å². The van der Waals surface area contributed by atoms with E-state index in [-0.39, 0.29) is 0 Å². The number of ether oxygens (including phenoxy) is 2. The maximum absolute atomic E-state index is 11.8. The molecule has 1 atom stereocenters. The Labute approximate surface area is 160 Å². The number of carbonyl (C=O) groups excluding carboxylic acids is 1. The van der Waals surface area contributed by atoms with Crippen LogP contribution >= 0.6 is 0 Å². The molecule has 0 fully saturated rings. The standard InChI is InChI=1S/C23H24O4/c1-14(2)20-13-18(9-12-21(20)27-23(25)16(5)6)17-7-10-19(11-8-17)26-22(24)15(3)4/h7-13,22,24H,1,3,5H2,2,4,6H3. The van der Waals surface area contributed by atoms with Crippen LogP contribution in [0, 0.1) is 0 Å². The van der Waals surface area contributed by atoms with Gasteiger partial charge in [0.1, 0.15) is 11.5 Å². The highest BCUT2D eigenvalue weighted by Gasteiger charge is 2.12. The van der Waals surface area contributed by atoms with Gasteiger partial charge in [-0.2, -0.15) is 0 Å². The van der Waals surface area contributed by atoms with Gasteiger partial charge in [0.25, 0.3) is 0 Å². The van der Waals surface area contributed by atoms with E-state index in [9.17, 15) is 9.90 Å². The predicted octanol–water partition coefficient (Wildman–Crippen LogP) is 5.14. The molecule has 0 bridgehead atoms. The van der Waals surface area contributed by atoms with Crippen molar-refractivity contribution in [2.75, 3.05) is 0 Å². The van der Waals surface area contributed by atoms with E-state index in [4.69, 9.17) is 9.47 Å². The lowest BCUT2D eigenvalue weighted by molar-refractivity contribution is -0.130. The third-order valence-corrected chi connectivity index (χ3v) is 3.85. The number of esters is 1. The number of allylic oxidation sites excluding steroid dienone is 1. The van der Waals surface area contributed by atoms with Crippen LogP contribution in [0.4, 0.5) is 0 Å². The third kappa shape index (κ3) is 5.19. The van der Waals surface area contributed by atoms with Crippen molar-refractivity contribution in [1.82, 2.24) is 0 Å². The molecule has 1 N–H and O–H groups in total. The largest absolute Gasteiger partial charge is 0.461 e. The van der Waals surface area contributed by atoms with Gasteiger partial charge in [-0.25, -0.2) is 4.79 Å². The molecule has 2 aromatic carbocycles. The zero-order chi connectivity index (χ0) is 20.1. The van der Waals surface area contributed by atoms with Crippen molar-refractivity contribution in [2.45, 2.75) is 27.1 Å². The Morgan fingerprint density at radius 2 is 1.56 bits per heavy atom. The van der Waals surface area contributed by atoms with E-state index in [1.54, 1.807) is 32.0 Å². The summed E-state index contributed by atoms with van der Waals surface area (Å²) in [5.74, 6) is 0.521. The minimum Gasteiger partial charge on any atom is -0.461 e. The molecule has 4 nitrogen and oxygen atoms in total. The van der Waals surface area contributed by atoms with E-state index >= 15 is 0 Å². The SMILES string of the molecule is C=C(C)C(=O)Oc1ccc(-c2ccc(OC(O)C(=C)C)cc2)cc1C(=C)C. The molecule has 2 rings (SSSR count). The molecule has 0 saturated heterocycles. The van der Waals surface area contributed by atoms with Crippen molar-refractivity contribution in [1.29, 1.82) is 0 Å². The van der Waals surface area contributed by atoms with Crippen molar-refractivity contribution < 1.29 is 19.4 Å². The van der Waals surface area contributed by atoms with E-state index < -0.39 is 12.3 Å². The average molecular weight is 364 g/mol. The van der Waals surface area contributed by atoms with Crippen LogP contribution in [-0.2, 0) is 4.79 Å². The number of rotatable bonds is 7. The number of hydrogen-bond acceptors (Lipinski definition) is 4. The molecule has 1 unspecified atom stereocenters. The quantitative estimate of drug-likeness (QED) is 0.243. The Kier molecular flexibility index (Phi) is 6.37. The van der Waals surface area contributed by atoms with Crippen LogP contribution < -0.4 is 9.47 Å². The summed E-state index contributed by atoms with van der Waals surface area (Å²) in [5.41, 5.74) is 4.29. The first-order valence-electron chi connectivity index (χ1n) is 8.47. The van der Waals surface area contributed by atoms with E-state index in [1.165, 1.54) is 0 Å². The summed E-state index contributed by atoms with van der Waals surface area (Å²) in [6.07, 6.45) is -1.03. The van der Waals surface area contributed by atoms with Crippen molar-refractivity contribution >= 4 is 11.5 Å². The monoisotopic (exact) mass is 364 g/mol. The van der Waals surface area contributed by atoms with Gasteiger partial charge < -0.3 is 14.6 Å². The Bertz CT molecular complexity index is 891. The van der Waals surface area contributed by atoms with E-state index in [0.717, 1.165) is 22.3 Å². The first-order chi connectivity index (χ1) is 12.7. The van der Waals surface area contributed by atoms with Crippen LogP contribution in [0.3, 0.4) is 0 Å². The van der Waals surface area contributed by atoms with Crippen LogP contribution in [0.25, 0.3) is 16.7 Å². The Morgan fingerprint density at radius 1 is 0.963 bits per heavy atom. The topological polar surface area (TPSA) is 55.8 Å². The van der Waals surface area contributed by atoms with Crippen LogP contribution in [0.15, 0.2) is 73.3 Å². The van der Waals surface area contributed by atoms with E-state index in [2.05, 4.69) is 19.7 Å². The van der Waals surface area contributed by atoms with Crippen LogP contribution in [0.1, 0.15) is 26.3 Å². The van der Waals surface area contributed by atoms with Gasteiger partial charge >= 0.3 is 5.97 Å². The minimum absolute atomic E-state index is 0.333. The lowest BCUT2D eigenvalue weighted by Crippen LogP contribution is -2.15. The summed E-state index contributed by atoms with van der Waals surface area (Å²) in [5, 5.41) is 9.73. The lowest BCUT2D eigenvalue weighted by Gasteiger charge is -2.14. The minimum atomic E-state index is -1.03. The van der Waals surface area contributed by atoms with Crippen molar-refractivity contribution in [3.8, 4) is 22.6 Å². The fourth-order valence-corrected chi connectivity index (χ4v) is 2.27. The molecule has 0 amide bonds. The molecule has 0 aromatic heterocycles. The summed E-state index contributed by atoms with van der Waals surface area (Å²) in [6.45, 7) is 16.4. The van der Waals surface area contributed by atoms with Gasteiger partial charge in [-0.15, -0.1) is 0 Å². The molecule has 0 saturated carbocycles. The maximum atomic E-state index is 11.8. The summed E-state index contributed by atoms with van der Waals surface area (Å²) in [7, 11) is 0. The number of aliphatic hydroxyl groups is 1. The lowest BCUT2D eigenvalue weighted by atomic mass is 9.99. The van der Waals surface area contributed by atoms with Crippen LogP contribution in [0.5, 0.6) is 11.5 Å². The van der Waals surface area contributed by atoms with Gasteiger partial charge in [-0.3, -0.25) is 0 Å². The predicted molar refractivity (Wildman–Crippen MR) is 108 cm³/mol. The van der Waals surface area contributed by atoms with Crippen molar-refractivity contribution in [2.24, 2.45) is 0 Å². The Balaban J connectivity index is 2.29. The molecule has 0 aliphatic heterocycles. The van der Waals surface area contributed by atoms with Crippen LogP contribution in [-0.4, -0.2) is 17.4 Å². The number of benzene rings is 2. The first kappa shape index (κ1) is 20.2. The number of aliphatic hydroxyl groups excluding tert-OH is 1. The summed E-state index contributed by atoms with van der Waals surface area (Å²) in [6, 6.07) is 12.9. The van der Waals surface area contributed by atoms with Gasteiger partial charge in [0.05, 0.1) is 0 Å². The second kappa shape index (κ2) is 8.52. The van der Waals surface area contributed by atoms with Crippen molar-refractivity contribution in [3.05, 3.63) is 78.9 Å². The number of carbonyl (C=O) groups is 1. The molecule has 0 heterocycles. The zero-order valence-corrected chi connectivity index (χ0v) is 15.9. The first-order valence-corrected chi connectivity index (χ1v) is 8.47. The highest BCUT2D eigenvalue weighted by Crippen LogP contribution is 2.32. The highest BCUT2D eigenvalue weighted by atomic mass is 16.6. The van der Waals surface area contributed by atoms with Crippen molar-refractivity contribution in [3.63, 3.8) is 0 Å². The van der Waals surface area contributed by atoms with Gasteiger partial charge in [-0.05, 0) is 67.3 Å². The van der Waals surface area contributed by atoms with E-state index in [0.29, 0.717) is 22.6 Å². The molecular formula is C23H24O4.